The molecule has 0 bridgehead atoms. The summed E-state index contributed by atoms with van der Waals surface area (Å²) in [5.74, 6) is 0. The third-order valence-electron chi connectivity index (χ3n) is 4.78. The summed E-state index contributed by atoms with van der Waals surface area (Å²) < 4.78 is 3.26. The van der Waals surface area contributed by atoms with E-state index >= 15 is 0 Å². The molecule has 3 heterocycles. The van der Waals surface area contributed by atoms with Crippen LogP contribution in [0.1, 0.15) is 31.7 Å². The molecule has 3 nitrogen and oxygen atoms in total. The van der Waals surface area contributed by atoms with Gasteiger partial charge >= 0.3 is 0 Å². The van der Waals surface area contributed by atoms with Gasteiger partial charge in [0.15, 0.2) is 4.77 Å². The Kier molecular flexibility index (Phi) is 2.74. The van der Waals surface area contributed by atoms with Gasteiger partial charge in [-0.25, -0.2) is 0 Å². The summed E-state index contributed by atoms with van der Waals surface area (Å²) in [6.07, 6.45) is 5.29. The molecule has 1 aromatic carbocycles. The molecule has 2 fully saturated rings. The number of aromatic amines is 1. The lowest BCUT2D eigenvalue weighted by Gasteiger charge is -2.32. The fourth-order valence-corrected chi connectivity index (χ4v) is 4.27. The quantitative estimate of drug-likeness (QED) is 0.804. The van der Waals surface area contributed by atoms with Gasteiger partial charge in [-0.05, 0) is 50.2 Å². The van der Waals surface area contributed by atoms with Crippen LogP contribution in [0.4, 0.5) is 0 Å². The van der Waals surface area contributed by atoms with Crippen molar-refractivity contribution in [3.8, 4) is 0 Å². The zero-order valence-corrected chi connectivity index (χ0v) is 11.8. The van der Waals surface area contributed by atoms with Gasteiger partial charge in [-0.3, -0.25) is 4.90 Å². The van der Waals surface area contributed by atoms with Crippen LogP contribution in [0.2, 0.25) is 0 Å². The van der Waals surface area contributed by atoms with Crippen molar-refractivity contribution in [3.63, 3.8) is 0 Å². The number of nitrogens with zero attached hydrogens (tertiary/aromatic N) is 2. The van der Waals surface area contributed by atoms with Crippen LogP contribution >= 0.6 is 12.2 Å². The Bertz CT molecular complexity index is 657. The van der Waals surface area contributed by atoms with Crippen LogP contribution in [-0.4, -0.2) is 33.6 Å². The van der Waals surface area contributed by atoms with Crippen molar-refractivity contribution in [1.82, 2.24) is 14.5 Å². The molecule has 0 aliphatic carbocycles. The third kappa shape index (κ3) is 1.77. The summed E-state index contributed by atoms with van der Waals surface area (Å²) >= 11 is 5.57. The summed E-state index contributed by atoms with van der Waals surface area (Å²) in [6.45, 7) is 2.51. The molecule has 0 radical (unpaired) electrons. The van der Waals surface area contributed by atoms with Crippen molar-refractivity contribution in [2.75, 3.05) is 13.1 Å². The second-order valence-corrected chi connectivity index (χ2v) is 6.16. The summed E-state index contributed by atoms with van der Waals surface area (Å²) in [4.78, 5) is 6.02. The number of para-hydroxylation sites is 2. The molecule has 4 heteroatoms. The molecule has 100 valence electrons. The second kappa shape index (κ2) is 4.46. The van der Waals surface area contributed by atoms with E-state index in [1.165, 1.54) is 49.8 Å². The zero-order chi connectivity index (χ0) is 12.8. The molecule has 2 aliphatic rings. The average Bonchev–Trinajstić information content (AvgIpc) is 2.98. The predicted molar refractivity (Wildman–Crippen MR) is 80.0 cm³/mol. The number of benzene rings is 1. The second-order valence-electron chi connectivity index (χ2n) is 5.77. The molecule has 4 rings (SSSR count). The maximum absolute atomic E-state index is 5.57. The molecular formula is C15H19N3S. The molecule has 2 unspecified atom stereocenters. The minimum absolute atomic E-state index is 0.559. The van der Waals surface area contributed by atoms with E-state index in [1.807, 2.05) is 0 Å². The van der Waals surface area contributed by atoms with E-state index in [-0.39, 0.29) is 0 Å². The highest BCUT2D eigenvalue weighted by Crippen LogP contribution is 2.36. The monoisotopic (exact) mass is 273 g/mol. The van der Waals surface area contributed by atoms with Gasteiger partial charge in [-0.1, -0.05) is 18.6 Å². The molecule has 19 heavy (non-hydrogen) atoms. The molecule has 1 N–H and O–H groups in total. The summed E-state index contributed by atoms with van der Waals surface area (Å²) in [5.41, 5.74) is 2.44. The third-order valence-corrected chi connectivity index (χ3v) is 5.07. The van der Waals surface area contributed by atoms with E-state index in [4.69, 9.17) is 12.2 Å². The highest BCUT2D eigenvalue weighted by atomic mass is 32.1. The zero-order valence-electron chi connectivity index (χ0n) is 11.0. The number of fused-ring (bicyclic) bond motifs is 2. The Morgan fingerprint density at radius 2 is 1.95 bits per heavy atom. The highest BCUT2D eigenvalue weighted by Gasteiger charge is 2.37. The fraction of sp³-hybridized carbons (Fsp3) is 0.533. The minimum Gasteiger partial charge on any atom is -0.331 e. The number of piperidine rings is 1. The minimum atomic E-state index is 0.559. The topological polar surface area (TPSA) is 24.0 Å². The lowest BCUT2D eigenvalue weighted by Crippen LogP contribution is -2.37. The fourth-order valence-electron chi connectivity index (χ4n) is 3.93. The number of aromatic nitrogens is 2. The lowest BCUT2D eigenvalue weighted by molar-refractivity contribution is 0.174. The van der Waals surface area contributed by atoms with Crippen LogP contribution in [0.5, 0.6) is 0 Å². The number of imidazole rings is 1. The number of rotatable bonds is 1. The SMILES string of the molecule is S=c1[nH]c2ccccc2n1C1CCN2CCCCC12. The van der Waals surface area contributed by atoms with Crippen LogP contribution in [0.25, 0.3) is 11.0 Å². The molecule has 2 aliphatic heterocycles. The van der Waals surface area contributed by atoms with E-state index in [2.05, 4.69) is 38.7 Å². The Morgan fingerprint density at radius 3 is 2.89 bits per heavy atom. The Labute approximate surface area is 118 Å². The van der Waals surface area contributed by atoms with Gasteiger partial charge in [0.1, 0.15) is 0 Å². The van der Waals surface area contributed by atoms with Crippen LogP contribution in [0.15, 0.2) is 24.3 Å². The van der Waals surface area contributed by atoms with Crippen molar-refractivity contribution < 1.29 is 0 Å². The highest BCUT2D eigenvalue weighted by molar-refractivity contribution is 7.71. The van der Waals surface area contributed by atoms with Crippen LogP contribution in [0, 0.1) is 4.77 Å². The summed E-state index contributed by atoms with van der Waals surface area (Å²) in [7, 11) is 0. The van der Waals surface area contributed by atoms with Gasteiger partial charge < -0.3 is 9.55 Å². The predicted octanol–water partition coefficient (Wildman–Crippen LogP) is 3.50. The first kappa shape index (κ1) is 11.7. The first-order valence-corrected chi connectivity index (χ1v) is 7.69. The Balaban J connectivity index is 1.82. The van der Waals surface area contributed by atoms with Gasteiger partial charge in [0.2, 0.25) is 0 Å². The maximum Gasteiger partial charge on any atom is 0.178 e. The molecular weight excluding hydrogens is 254 g/mol. The maximum atomic E-state index is 5.57. The van der Waals surface area contributed by atoms with E-state index < -0.39 is 0 Å². The van der Waals surface area contributed by atoms with E-state index in [9.17, 15) is 0 Å². The van der Waals surface area contributed by atoms with Gasteiger partial charge in [-0.15, -0.1) is 0 Å². The standard InChI is InChI=1S/C15H19N3S/c19-15-16-11-5-1-2-6-12(11)18(15)14-8-10-17-9-4-3-7-13(14)17/h1-2,5-6,13-14H,3-4,7-10H2,(H,16,19). The molecule has 2 aromatic rings. The summed E-state index contributed by atoms with van der Waals surface area (Å²) in [6, 6.07) is 9.74. The Morgan fingerprint density at radius 1 is 1.05 bits per heavy atom. The van der Waals surface area contributed by atoms with Crippen molar-refractivity contribution >= 4 is 23.3 Å². The van der Waals surface area contributed by atoms with Crippen molar-refractivity contribution in [1.29, 1.82) is 0 Å². The average molecular weight is 273 g/mol. The van der Waals surface area contributed by atoms with Gasteiger partial charge in [0.05, 0.1) is 17.1 Å². The first-order chi connectivity index (χ1) is 9.34. The van der Waals surface area contributed by atoms with E-state index in [1.54, 1.807) is 0 Å². The Hall–Kier alpha value is -1.13. The van der Waals surface area contributed by atoms with Crippen molar-refractivity contribution in [2.24, 2.45) is 0 Å². The number of H-pyrrole nitrogens is 1. The van der Waals surface area contributed by atoms with Crippen LogP contribution in [-0.2, 0) is 0 Å². The lowest BCUT2D eigenvalue weighted by atomic mass is 9.99. The first-order valence-electron chi connectivity index (χ1n) is 7.28. The molecule has 0 amide bonds. The molecule has 0 spiro atoms. The molecule has 0 saturated carbocycles. The van der Waals surface area contributed by atoms with Gasteiger partial charge in [0, 0.05) is 12.6 Å². The van der Waals surface area contributed by atoms with Crippen LogP contribution < -0.4 is 0 Å². The van der Waals surface area contributed by atoms with Gasteiger partial charge in [0.25, 0.3) is 0 Å². The number of hydrogen-bond donors (Lipinski definition) is 1. The van der Waals surface area contributed by atoms with Gasteiger partial charge in [-0.2, -0.15) is 0 Å². The largest absolute Gasteiger partial charge is 0.331 e. The molecule has 2 saturated heterocycles. The summed E-state index contributed by atoms with van der Waals surface area (Å²) in [5, 5.41) is 0. The van der Waals surface area contributed by atoms with Crippen molar-refractivity contribution in [2.45, 2.75) is 37.8 Å². The number of nitrogens with one attached hydrogen (secondary N) is 1. The number of hydrogen-bond acceptors (Lipinski definition) is 2. The van der Waals surface area contributed by atoms with Crippen LogP contribution in [0.3, 0.4) is 0 Å². The van der Waals surface area contributed by atoms with Crippen molar-refractivity contribution in [3.05, 3.63) is 29.0 Å². The van der Waals surface area contributed by atoms with E-state index in [0.29, 0.717) is 12.1 Å². The normalized spacial score (nSPS) is 27.8. The van der Waals surface area contributed by atoms with E-state index in [0.717, 1.165) is 4.77 Å². The smallest absolute Gasteiger partial charge is 0.178 e. The molecule has 2 atom stereocenters. The molecule has 1 aromatic heterocycles.